The number of amidine groups is 1. The number of nitrogens with zero attached hydrogens (tertiary/aromatic N) is 2. The van der Waals surface area contributed by atoms with Crippen LogP contribution in [0.5, 0.6) is 5.75 Å². The molecule has 2 aromatic carbocycles. The third-order valence-corrected chi connectivity index (χ3v) is 5.65. The number of anilines is 1. The molecule has 1 aliphatic carbocycles. The Morgan fingerprint density at radius 3 is 2.50 bits per heavy atom. The van der Waals surface area contributed by atoms with Crippen LogP contribution < -0.4 is 10.1 Å². The molecule has 0 bridgehead atoms. The van der Waals surface area contributed by atoms with E-state index in [0.717, 1.165) is 18.4 Å². The molecule has 0 amide bonds. The molecule has 0 unspecified atom stereocenters. The van der Waals surface area contributed by atoms with E-state index >= 15 is 0 Å². The van der Waals surface area contributed by atoms with Gasteiger partial charge in [-0.3, -0.25) is 4.98 Å². The van der Waals surface area contributed by atoms with Crippen molar-refractivity contribution in [3.63, 3.8) is 0 Å². The molecule has 166 valence electrons. The molecule has 0 spiro atoms. The van der Waals surface area contributed by atoms with Gasteiger partial charge < -0.3 is 14.8 Å². The quantitative estimate of drug-likeness (QED) is 0.227. The Balaban J connectivity index is 1.60. The first-order valence-electron chi connectivity index (χ1n) is 10.3. The molecule has 32 heavy (non-hydrogen) atoms. The lowest BCUT2D eigenvalue weighted by Gasteiger charge is -2.15. The molecule has 3 aromatic rings. The number of rotatable bonds is 7. The first-order valence-corrected chi connectivity index (χ1v) is 11.1. The summed E-state index contributed by atoms with van der Waals surface area (Å²) in [6.07, 6.45) is 7.78. The smallest absolute Gasteiger partial charge is 0.189 e. The minimum atomic E-state index is -0.327. The minimum absolute atomic E-state index is 0.188. The van der Waals surface area contributed by atoms with Gasteiger partial charge in [-0.2, -0.15) is 0 Å². The summed E-state index contributed by atoms with van der Waals surface area (Å²) in [6, 6.07) is 13.4. The predicted octanol–water partition coefficient (Wildman–Crippen LogP) is 7.01. The van der Waals surface area contributed by atoms with Crippen LogP contribution >= 0.6 is 23.2 Å². The number of halogens is 3. The van der Waals surface area contributed by atoms with Crippen molar-refractivity contribution in [2.24, 2.45) is 4.99 Å². The number of nitrogens with one attached hydrogen (secondary N) is 1. The minimum Gasteiger partial charge on any atom is -0.468 e. The topological polar surface area (TPSA) is 55.7 Å². The van der Waals surface area contributed by atoms with E-state index < -0.39 is 0 Å². The molecule has 8 heteroatoms. The Bertz CT molecular complexity index is 1070. The summed E-state index contributed by atoms with van der Waals surface area (Å²) in [5, 5.41) is 3.84. The van der Waals surface area contributed by atoms with Crippen LogP contribution in [0.3, 0.4) is 0 Å². The van der Waals surface area contributed by atoms with Crippen LogP contribution in [0, 0.1) is 5.82 Å². The summed E-state index contributed by atoms with van der Waals surface area (Å²) in [6.45, 7) is 0.188. The number of hydrogen-bond donors (Lipinski definition) is 1. The zero-order chi connectivity index (χ0) is 22.3. The van der Waals surface area contributed by atoms with Crippen molar-refractivity contribution in [1.82, 2.24) is 4.98 Å². The van der Waals surface area contributed by atoms with Gasteiger partial charge in [-0.15, -0.1) is 0 Å². The normalized spacial score (nSPS) is 14.5. The van der Waals surface area contributed by atoms with Crippen molar-refractivity contribution in [1.29, 1.82) is 0 Å². The molecule has 0 saturated heterocycles. The van der Waals surface area contributed by atoms with Crippen molar-refractivity contribution < 1.29 is 13.9 Å². The lowest BCUT2D eigenvalue weighted by atomic mass is 10.2. The van der Waals surface area contributed by atoms with Gasteiger partial charge in [-0.1, -0.05) is 48.2 Å². The fourth-order valence-corrected chi connectivity index (χ4v) is 3.89. The van der Waals surface area contributed by atoms with Crippen molar-refractivity contribution in [2.75, 3.05) is 12.1 Å². The van der Waals surface area contributed by atoms with E-state index in [1.165, 1.54) is 37.4 Å². The Morgan fingerprint density at radius 1 is 1.06 bits per heavy atom. The highest BCUT2D eigenvalue weighted by molar-refractivity contribution is 6.38. The third kappa shape index (κ3) is 5.97. The van der Waals surface area contributed by atoms with Gasteiger partial charge in [-0.25, -0.2) is 9.38 Å². The summed E-state index contributed by atoms with van der Waals surface area (Å²) in [5.74, 6) is 0.779. The second kappa shape index (κ2) is 10.8. The van der Waals surface area contributed by atoms with Gasteiger partial charge in [0.2, 0.25) is 0 Å². The van der Waals surface area contributed by atoms with Crippen molar-refractivity contribution in [3.05, 3.63) is 82.4 Å². The molecule has 0 radical (unpaired) electrons. The van der Waals surface area contributed by atoms with Crippen LogP contribution in [-0.2, 0) is 4.74 Å². The number of pyridine rings is 1. The van der Waals surface area contributed by atoms with Gasteiger partial charge in [0.1, 0.15) is 23.1 Å². The summed E-state index contributed by atoms with van der Waals surface area (Å²) >= 11 is 12.5. The maximum Gasteiger partial charge on any atom is 0.189 e. The van der Waals surface area contributed by atoms with Crippen molar-refractivity contribution in [2.45, 2.75) is 31.8 Å². The van der Waals surface area contributed by atoms with Crippen LogP contribution in [0.2, 0.25) is 10.0 Å². The lowest BCUT2D eigenvalue weighted by molar-refractivity contribution is -0.0324. The highest BCUT2D eigenvalue weighted by atomic mass is 35.5. The molecule has 0 atom stereocenters. The molecular weight excluding hydrogens is 452 g/mol. The zero-order valence-corrected chi connectivity index (χ0v) is 18.7. The van der Waals surface area contributed by atoms with Gasteiger partial charge in [0.25, 0.3) is 0 Å². The van der Waals surface area contributed by atoms with E-state index in [1.54, 1.807) is 12.1 Å². The van der Waals surface area contributed by atoms with E-state index in [2.05, 4.69) is 15.3 Å². The fourth-order valence-electron chi connectivity index (χ4n) is 3.44. The molecule has 0 aliphatic heterocycles. The maximum absolute atomic E-state index is 13.4. The molecular formula is C24H22Cl2FN3O2. The average Bonchev–Trinajstić information content (AvgIpc) is 3.31. The van der Waals surface area contributed by atoms with Gasteiger partial charge in [0.05, 0.1) is 16.1 Å². The Morgan fingerprint density at radius 2 is 1.78 bits per heavy atom. The molecule has 1 heterocycles. The summed E-state index contributed by atoms with van der Waals surface area (Å²) in [5.41, 5.74) is 1.77. The van der Waals surface area contributed by atoms with Crippen LogP contribution in [-0.4, -0.2) is 23.7 Å². The van der Waals surface area contributed by atoms with E-state index in [4.69, 9.17) is 32.7 Å². The lowest BCUT2D eigenvalue weighted by Crippen LogP contribution is -2.15. The van der Waals surface area contributed by atoms with Crippen molar-refractivity contribution >= 4 is 40.4 Å². The summed E-state index contributed by atoms with van der Waals surface area (Å²) in [7, 11) is 0. The van der Waals surface area contributed by atoms with Crippen molar-refractivity contribution in [3.8, 4) is 5.75 Å². The Kier molecular flexibility index (Phi) is 7.58. The first kappa shape index (κ1) is 22.5. The second-order valence-electron chi connectivity index (χ2n) is 7.41. The van der Waals surface area contributed by atoms with Gasteiger partial charge >= 0.3 is 0 Å². The van der Waals surface area contributed by atoms with Gasteiger partial charge in [-0.05, 0) is 49.2 Å². The van der Waals surface area contributed by atoms with E-state index in [9.17, 15) is 4.39 Å². The van der Waals surface area contributed by atoms with Crippen LogP contribution in [0.15, 0.2) is 65.9 Å². The molecule has 1 N–H and O–H groups in total. The maximum atomic E-state index is 13.4. The number of aliphatic imine (C=N–C) groups is 1. The molecule has 1 saturated carbocycles. The standard InChI is InChI=1S/C24H22Cl2FN3O2/c25-21-13-28-14-22(26)23(21)30-24(29-18-10-8-17(27)9-11-18)16-4-3-7-20(12-16)32-15-31-19-5-1-2-6-19/h3-4,7-14,19H,1-2,5-6,15H2,(H,28,29,30). The largest absolute Gasteiger partial charge is 0.468 e. The van der Waals surface area contributed by atoms with Crippen LogP contribution in [0.25, 0.3) is 0 Å². The number of aromatic nitrogens is 1. The number of benzene rings is 2. The van der Waals surface area contributed by atoms with Crippen LogP contribution in [0.4, 0.5) is 15.8 Å². The van der Waals surface area contributed by atoms with E-state index in [0.29, 0.717) is 33.0 Å². The Labute approximate surface area is 196 Å². The molecule has 1 aromatic heterocycles. The molecule has 1 fully saturated rings. The van der Waals surface area contributed by atoms with Gasteiger partial charge in [0.15, 0.2) is 6.79 Å². The highest BCUT2D eigenvalue weighted by Gasteiger charge is 2.15. The van der Waals surface area contributed by atoms with E-state index in [1.807, 2.05) is 24.3 Å². The molecule has 4 rings (SSSR count). The number of hydrogen-bond acceptors (Lipinski definition) is 4. The fraction of sp³-hybridized carbons (Fsp3) is 0.250. The molecule has 5 nitrogen and oxygen atoms in total. The molecule has 1 aliphatic rings. The summed E-state index contributed by atoms with van der Waals surface area (Å²) < 4.78 is 25.0. The third-order valence-electron chi connectivity index (χ3n) is 5.10. The van der Waals surface area contributed by atoms with Crippen LogP contribution in [0.1, 0.15) is 31.2 Å². The number of ether oxygens (including phenoxy) is 2. The highest BCUT2D eigenvalue weighted by Crippen LogP contribution is 2.32. The second-order valence-corrected chi connectivity index (χ2v) is 8.22. The Hall–Kier alpha value is -2.67. The van der Waals surface area contributed by atoms with E-state index in [-0.39, 0.29) is 18.7 Å². The predicted molar refractivity (Wildman–Crippen MR) is 126 cm³/mol. The summed E-state index contributed by atoms with van der Waals surface area (Å²) in [4.78, 5) is 8.62. The monoisotopic (exact) mass is 473 g/mol. The van der Waals surface area contributed by atoms with Gasteiger partial charge in [0, 0.05) is 23.6 Å². The average molecular weight is 474 g/mol. The first-order chi connectivity index (χ1) is 15.6. The SMILES string of the molecule is Fc1ccc(NC(=Nc2c(Cl)cncc2Cl)c2cccc(OCOC3CCCC3)c2)cc1. The zero-order valence-electron chi connectivity index (χ0n) is 17.2.